The SMILES string of the molecule is CNCC1(C(=O)c2ccccc2F)CC1. The summed E-state index contributed by atoms with van der Waals surface area (Å²) < 4.78 is 13.4. The van der Waals surface area contributed by atoms with Crippen LogP contribution in [0.25, 0.3) is 0 Å². The van der Waals surface area contributed by atoms with Gasteiger partial charge >= 0.3 is 0 Å². The van der Waals surface area contributed by atoms with E-state index in [0.717, 1.165) is 12.8 Å². The quantitative estimate of drug-likeness (QED) is 0.765. The van der Waals surface area contributed by atoms with Crippen LogP contribution in [0, 0.1) is 11.2 Å². The van der Waals surface area contributed by atoms with Crippen LogP contribution in [-0.2, 0) is 0 Å². The average molecular weight is 207 g/mol. The molecule has 1 saturated carbocycles. The molecule has 0 bridgehead atoms. The molecule has 15 heavy (non-hydrogen) atoms. The van der Waals surface area contributed by atoms with E-state index in [1.165, 1.54) is 6.07 Å². The number of benzene rings is 1. The smallest absolute Gasteiger partial charge is 0.173 e. The average Bonchev–Trinajstić information content (AvgIpc) is 2.99. The number of rotatable bonds is 4. The van der Waals surface area contributed by atoms with Crippen LogP contribution in [0.2, 0.25) is 0 Å². The zero-order valence-electron chi connectivity index (χ0n) is 8.72. The Bertz CT molecular complexity index is 385. The minimum Gasteiger partial charge on any atom is -0.319 e. The van der Waals surface area contributed by atoms with E-state index in [-0.39, 0.29) is 16.8 Å². The van der Waals surface area contributed by atoms with E-state index in [1.807, 2.05) is 7.05 Å². The normalized spacial score (nSPS) is 17.5. The van der Waals surface area contributed by atoms with Gasteiger partial charge < -0.3 is 5.32 Å². The number of ketones is 1. The number of nitrogens with one attached hydrogen (secondary N) is 1. The maximum absolute atomic E-state index is 13.4. The van der Waals surface area contributed by atoms with Crippen molar-refractivity contribution in [3.05, 3.63) is 35.6 Å². The Morgan fingerprint density at radius 2 is 2.13 bits per heavy atom. The van der Waals surface area contributed by atoms with Crippen molar-refractivity contribution < 1.29 is 9.18 Å². The number of halogens is 1. The monoisotopic (exact) mass is 207 g/mol. The number of hydrogen-bond donors (Lipinski definition) is 1. The van der Waals surface area contributed by atoms with Crippen LogP contribution < -0.4 is 5.32 Å². The first-order valence-electron chi connectivity index (χ1n) is 5.13. The summed E-state index contributed by atoms with van der Waals surface area (Å²) in [5.74, 6) is -0.472. The third kappa shape index (κ3) is 1.79. The molecule has 0 saturated heterocycles. The minimum atomic E-state index is -0.412. The van der Waals surface area contributed by atoms with Crippen LogP contribution in [0.15, 0.2) is 24.3 Å². The lowest BCUT2D eigenvalue weighted by Gasteiger charge is -2.13. The zero-order valence-corrected chi connectivity index (χ0v) is 8.72. The molecule has 1 aliphatic rings. The van der Waals surface area contributed by atoms with Crippen molar-refractivity contribution in [3.8, 4) is 0 Å². The fraction of sp³-hybridized carbons (Fsp3) is 0.417. The topological polar surface area (TPSA) is 29.1 Å². The minimum absolute atomic E-state index is 0.0602. The molecule has 0 aromatic heterocycles. The predicted molar refractivity (Wildman–Crippen MR) is 56.3 cm³/mol. The summed E-state index contributed by atoms with van der Waals surface area (Å²) in [5, 5.41) is 3.00. The second-order valence-corrected chi connectivity index (χ2v) is 4.12. The third-order valence-electron chi connectivity index (χ3n) is 2.97. The maximum atomic E-state index is 13.4. The number of Topliss-reactive ketones (excluding diaryl/α,β-unsaturated/α-hetero) is 1. The Kier molecular flexibility index (Phi) is 2.57. The fourth-order valence-corrected chi connectivity index (χ4v) is 1.90. The van der Waals surface area contributed by atoms with Crippen molar-refractivity contribution in [2.24, 2.45) is 5.41 Å². The van der Waals surface area contributed by atoms with E-state index in [0.29, 0.717) is 6.54 Å². The summed E-state index contributed by atoms with van der Waals surface area (Å²) in [4.78, 5) is 12.1. The molecule has 0 unspecified atom stereocenters. The summed E-state index contributed by atoms with van der Waals surface area (Å²) in [6.07, 6.45) is 1.72. The summed E-state index contributed by atoms with van der Waals surface area (Å²) in [6, 6.07) is 6.20. The van der Waals surface area contributed by atoms with Crippen LogP contribution in [0.5, 0.6) is 0 Å². The molecule has 1 aromatic carbocycles. The molecule has 0 heterocycles. The van der Waals surface area contributed by atoms with Crippen LogP contribution >= 0.6 is 0 Å². The Morgan fingerprint density at radius 1 is 1.47 bits per heavy atom. The van der Waals surface area contributed by atoms with Gasteiger partial charge in [0, 0.05) is 12.0 Å². The maximum Gasteiger partial charge on any atom is 0.173 e. The number of carbonyl (C=O) groups excluding carboxylic acids is 1. The molecule has 3 heteroatoms. The van der Waals surface area contributed by atoms with Crippen molar-refractivity contribution in [2.75, 3.05) is 13.6 Å². The van der Waals surface area contributed by atoms with Gasteiger partial charge in [-0.2, -0.15) is 0 Å². The Balaban J connectivity index is 2.25. The van der Waals surface area contributed by atoms with Gasteiger partial charge in [-0.25, -0.2) is 4.39 Å². The molecule has 80 valence electrons. The highest BCUT2D eigenvalue weighted by Crippen LogP contribution is 2.47. The molecular weight excluding hydrogens is 193 g/mol. The van der Waals surface area contributed by atoms with Crippen LogP contribution in [0.1, 0.15) is 23.2 Å². The largest absolute Gasteiger partial charge is 0.319 e. The van der Waals surface area contributed by atoms with Crippen LogP contribution in [0.4, 0.5) is 4.39 Å². The molecule has 0 spiro atoms. The summed E-state index contributed by atoms with van der Waals surface area (Å²) >= 11 is 0. The fourth-order valence-electron chi connectivity index (χ4n) is 1.90. The molecule has 0 radical (unpaired) electrons. The molecule has 1 aromatic rings. The van der Waals surface area contributed by atoms with Gasteiger partial charge in [0.15, 0.2) is 5.78 Å². The Hall–Kier alpha value is -1.22. The second-order valence-electron chi connectivity index (χ2n) is 4.12. The van der Waals surface area contributed by atoms with Gasteiger partial charge in [0.05, 0.1) is 5.56 Å². The van der Waals surface area contributed by atoms with Crippen molar-refractivity contribution in [1.29, 1.82) is 0 Å². The van der Waals surface area contributed by atoms with Crippen molar-refractivity contribution in [1.82, 2.24) is 5.32 Å². The highest BCUT2D eigenvalue weighted by Gasteiger charge is 2.49. The first-order valence-corrected chi connectivity index (χ1v) is 5.13. The lowest BCUT2D eigenvalue weighted by Crippen LogP contribution is -2.28. The van der Waals surface area contributed by atoms with Crippen molar-refractivity contribution in [2.45, 2.75) is 12.8 Å². The van der Waals surface area contributed by atoms with Gasteiger partial charge in [0.2, 0.25) is 0 Å². The van der Waals surface area contributed by atoms with E-state index in [9.17, 15) is 9.18 Å². The first kappa shape index (κ1) is 10.3. The lowest BCUT2D eigenvalue weighted by molar-refractivity contribution is 0.0896. The molecular formula is C12H14FNO. The molecule has 1 N–H and O–H groups in total. The molecule has 2 nitrogen and oxygen atoms in total. The van der Waals surface area contributed by atoms with E-state index in [1.54, 1.807) is 18.2 Å². The summed E-state index contributed by atoms with van der Waals surface area (Å²) in [7, 11) is 1.81. The van der Waals surface area contributed by atoms with Gasteiger partial charge in [0.25, 0.3) is 0 Å². The molecule has 1 fully saturated rings. The molecule has 2 rings (SSSR count). The summed E-state index contributed by atoms with van der Waals surface area (Å²) in [5.41, 5.74) is -0.109. The van der Waals surface area contributed by atoms with Gasteiger partial charge in [-0.1, -0.05) is 12.1 Å². The number of hydrogen-bond acceptors (Lipinski definition) is 2. The van der Waals surface area contributed by atoms with Crippen molar-refractivity contribution in [3.63, 3.8) is 0 Å². The standard InChI is InChI=1S/C12H14FNO/c1-14-8-12(6-7-12)11(15)9-4-2-3-5-10(9)13/h2-5,14H,6-8H2,1H3. The molecule has 0 aliphatic heterocycles. The Morgan fingerprint density at radius 3 is 2.67 bits per heavy atom. The van der Waals surface area contributed by atoms with Crippen molar-refractivity contribution >= 4 is 5.78 Å². The molecule has 0 amide bonds. The van der Waals surface area contributed by atoms with Gasteiger partial charge in [-0.3, -0.25) is 4.79 Å². The van der Waals surface area contributed by atoms with Gasteiger partial charge in [-0.15, -0.1) is 0 Å². The highest BCUT2D eigenvalue weighted by molar-refractivity contribution is 6.02. The third-order valence-corrected chi connectivity index (χ3v) is 2.97. The first-order chi connectivity index (χ1) is 7.19. The van der Waals surface area contributed by atoms with Gasteiger partial charge in [-0.05, 0) is 32.0 Å². The molecule has 1 aliphatic carbocycles. The Labute approximate surface area is 88.5 Å². The van der Waals surface area contributed by atoms with E-state index >= 15 is 0 Å². The second kappa shape index (κ2) is 3.74. The lowest BCUT2D eigenvalue weighted by atomic mass is 9.94. The van der Waals surface area contributed by atoms with Gasteiger partial charge in [0.1, 0.15) is 5.82 Å². The number of carbonyl (C=O) groups is 1. The predicted octanol–water partition coefficient (Wildman–Crippen LogP) is 2.01. The van der Waals surface area contributed by atoms with Crippen LogP contribution in [-0.4, -0.2) is 19.4 Å². The van der Waals surface area contributed by atoms with E-state index < -0.39 is 5.82 Å². The zero-order chi connectivity index (χ0) is 10.9. The van der Waals surface area contributed by atoms with Crippen LogP contribution in [0.3, 0.4) is 0 Å². The highest BCUT2D eigenvalue weighted by atomic mass is 19.1. The van der Waals surface area contributed by atoms with E-state index in [4.69, 9.17) is 0 Å². The molecule has 0 atom stereocenters. The van der Waals surface area contributed by atoms with E-state index in [2.05, 4.69) is 5.32 Å². The summed E-state index contributed by atoms with van der Waals surface area (Å²) in [6.45, 7) is 0.639.